The number of aryl methyl sites for hydroxylation is 1. The van der Waals surface area contributed by atoms with Gasteiger partial charge in [0.25, 0.3) is 0 Å². The second kappa shape index (κ2) is 13.9. The van der Waals surface area contributed by atoms with Crippen LogP contribution >= 0.6 is 0 Å². The molecule has 0 spiro atoms. The molecule has 3 aliphatic rings. The summed E-state index contributed by atoms with van der Waals surface area (Å²) in [6.07, 6.45) is -6.41. The second-order valence-electron chi connectivity index (χ2n) is 9.62. The molecule has 11 nitrogen and oxygen atoms in total. The lowest BCUT2D eigenvalue weighted by Crippen LogP contribution is -2.47. The van der Waals surface area contributed by atoms with Crippen molar-refractivity contribution in [3.8, 4) is 0 Å². The fraction of sp³-hybridized carbons (Fsp3) is 0.696. The van der Waals surface area contributed by atoms with Gasteiger partial charge in [-0.05, 0) is 70.8 Å². The lowest BCUT2D eigenvalue weighted by molar-refractivity contribution is -0.193. The molecule has 0 saturated carbocycles. The molecule has 17 heteroatoms. The third-order valence-electron chi connectivity index (χ3n) is 6.50. The number of anilines is 1. The molecule has 1 aromatic rings. The van der Waals surface area contributed by atoms with Gasteiger partial charge in [0.1, 0.15) is 6.10 Å². The Labute approximate surface area is 225 Å². The van der Waals surface area contributed by atoms with Gasteiger partial charge in [-0.1, -0.05) is 0 Å². The van der Waals surface area contributed by atoms with Gasteiger partial charge in [-0.3, -0.25) is 4.79 Å². The molecule has 3 aliphatic heterocycles. The van der Waals surface area contributed by atoms with Gasteiger partial charge in [0.05, 0.1) is 11.8 Å². The van der Waals surface area contributed by atoms with E-state index in [1.807, 2.05) is 19.1 Å². The molecule has 1 aromatic heterocycles. The Kier molecular flexibility index (Phi) is 11.5. The number of nitrogens with one attached hydrogen (secondary N) is 1. The molecule has 0 bridgehead atoms. The van der Waals surface area contributed by atoms with E-state index in [2.05, 4.69) is 32.4 Å². The zero-order valence-electron chi connectivity index (χ0n) is 21.7. The number of hydrogen-bond acceptors (Lipinski definition) is 8. The van der Waals surface area contributed by atoms with Crippen LogP contribution < -0.4 is 10.2 Å². The highest BCUT2D eigenvalue weighted by molar-refractivity contribution is 5.81. The molecule has 1 amide bonds. The number of halogens is 6. The minimum Gasteiger partial charge on any atom is -0.475 e. The number of likely N-dealkylation sites (tertiary alicyclic amines) is 1. The van der Waals surface area contributed by atoms with Crippen LogP contribution in [0.25, 0.3) is 0 Å². The number of hydrogen-bond donors (Lipinski definition) is 3. The molecule has 0 aromatic carbocycles. The van der Waals surface area contributed by atoms with E-state index in [0.717, 1.165) is 63.4 Å². The smallest absolute Gasteiger partial charge is 0.475 e. The molecule has 3 N–H and O–H groups in total. The average Bonchev–Trinajstić information content (AvgIpc) is 3.29. The van der Waals surface area contributed by atoms with Gasteiger partial charge >= 0.3 is 24.3 Å². The summed E-state index contributed by atoms with van der Waals surface area (Å²) in [7, 11) is 2.13. The molecule has 0 radical (unpaired) electrons. The summed E-state index contributed by atoms with van der Waals surface area (Å²) in [6.45, 7) is 5.78. The Bertz CT molecular complexity index is 977. The number of alkyl halides is 6. The highest BCUT2D eigenvalue weighted by Crippen LogP contribution is 2.34. The highest BCUT2D eigenvalue weighted by atomic mass is 19.4. The average molecular weight is 588 g/mol. The van der Waals surface area contributed by atoms with Crippen LogP contribution in [0.3, 0.4) is 0 Å². The first-order chi connectivity index (χ1) is 18.5. The predicted molar refractivity (Wildman–Crippen MR) is 126 cm³/mol. The molecular formula is C23H31F6N5O6. The number of rotatable bonds is 3. The first-order valence-corrected chi connectivity index (χ1v) is 12.3. The van der Waals surface area contributed by atoms with Gasteiger partial charge in [-0.2, -0.15) is 31.4 Å². The standard InChI is InChI=1S/C19H29N5O2.2C2HF3O2/c1-13-3-4-18(22-21-13)24-10-5-14-11-16(26-17(14)12-24)19(25)20-15-6-8-23(2)9-7-15;2*3-2(4,5)1(6)7/h3-4,14-17H,5-12H2,1-2H3,(H,20,25);2*(H,6,7)/t14-,16-,17-;;/m0../s1. The maximum Gasteiger partial charge on any atom is 0.490 e. The summed E-state index contributed by atoms with van der Waals surface area (Å²) < 4.78 is 69.6. The van der Waals surface area contributed by atoms with Gasteiger partial charge in [-0.15, -0.1) is 5.10 Å². The number of carboxylic acids is 2. The minimum absolute atomic E-state index is 0.0793. The van der Waals surface area contributed by atoms with Crippen molar-refractivity contribution in [3.63, 3.8) is 0 Å². The molecule has 4 heterocycles. The number of carbonyl (C=O) groups excluding carboxylic acids is 1. The SMILES string of the molecule is Cc1ccc(N2CC[C@H]3C[C@@H](C(=O)NC4CCN(C)CC4)O[C@H]3C2)nn1.O=C(O)C(F)(F)F.O=C(O)C(F)(F)F. The first kappa shape index (κ1) is 33.0. The number of piperidine rings is 2. The highest BCUT2D eigenvalue weighted by Gasteiger charge is 2.43. The van der Waals surface area contributed by atoms with E-state index in [9.17, 15) is 31.1 Å². The molecule has 3 fully saturated rings. The zero-order chi connectivity index (χ0) is 30.3. The number of carboxylic acid groups (broad SMARTS) is 2. The van der Waals surface area contributed by atoms with Gasteiger partial charge < -0.3 is 30.1 Å². The summed E-state index contributed by atoms with van der Waals surface area (Å²) >= 11 is 0. The molecule has 40 heavy (non-hydrogen) atoms. The van der Waals surface area contributed by atoms with Crippen LogP contribution in [0, 0.1) is 12.8 Å². The first-order valence-electron chi connectivity index (χ1n) is 12.3. The molecule has 226 valence electrons. The topological polar surface area (TPSA) is 145 Å². The van der Waals surface area contributed by atoms with E-state index >= 15 is 0 Å². The summed E-state index contributed by atoms with van der Waals surface area (Å²) in [4.78, 5) is 35.0. The Morgan fingerprint density at radius 3 is 1.98 bits per heavy atom. The van der Waals surface area contributed by atoms with Crippen molar-refractivity contribution in [1.82, 2.24) is 20.4 Å². The van der Waals surface area contributed by atoms with E-state index in [1.54, 1.807) is 0 Å². The van der Waals surface area contributed by atoms with E-state index in [0.29, 0.717) is 12.0 Å². The monoisotopic (exact) mass is 587 g/mol. The van der Waals surface area contributed by atoms with Crippen molar-refractivity contribution < 1.29 is 55.7 Å². The van der Waals surface area contributed by atoms with Crippen LogP contribution in [0.1, 0.15) is 31.4 Å². The van der Waals surface area contributed by atoms with E-state index in [-0.39, 0.29) is 18.1 Å². The van der Waals surface area contributed by atoms with Crippen LogP contribution in [0.4, 0.5) is 32.2 Å². The third-order valence-corrected chi connectivity index (χ3v) is 6.50. The van der Waals surface area contributed by atoms with Crippen molar-refractivity contribution in [2.75, 3.05) is 38.1 Å². The van der Waals surface area contributed by atoms with Gasteiger partial charge in [0.2, 0.25) is 5.91 Å². The van der Waals surface area contributed by atoms with Crippen LogP contribution in [-0.2, 0) is 19.1 Å². The third kappa shape index (κ3) is 10.4. The second-order valence-corrected chi connectivity index (χ2v) is 9.62. The van der Waals surface area contributed by atoms with Crippen molar-refractivity contribution in [2.24, 2.45) is 5.92 Å². The maximum absolute atomic E-state index is 12.6. The quantitative estimate of drug-likeness (QED) is 0.451. The number of nitrogens with zero attached hydrogens (tertiary/aromatic N) is 4. The Morgan fingerprint density at radius 2 is 1.50 bits per heavy atom. The summed E-state index contributed by atoms with van der Waals surface area (Å²) in [5, 5.41) is 25.9. The molecule has 4 rings (SSSR count). The number of ether oxygens (including phenoxy) is 1. The number of fused-ring (bicyclic) bond motifs is 1. The number of amides is 1. The van der Waals surface area contributed by atoms with Crippen molar-refractivity contribution in [1.29, 1.82) is 0 Å². The number of aromatic nitrogens is 2. The predicted octanol–water partition coefficient (Wildman–Crippen LogP) is 2.25. The van der Waals surface area contributed by atoms with E-state index in [4.69, 9.17) is 24.5 Å². The molecule has 0 aliphatic carbocycles. The van der Waals surface area contributed by atoms with E-state index in [1.165, 1.54) is 0 Å². The van der Waals surface area contributed by atoms with Gasteiger partial charge in [-0.25, -0.2) is 9.59 Å². The van der Waals surface area contributed by atoms with Crippen LogP contribution in [0.15, 0.2) is 12.1 Å². The van der Waals surface area contributed by atoms with Crippen molar-refractivity contribution in [2.45, 2.75) is 63.2 Å². The van der Waals surface area contributed by atoms with Crippen LogP contribution in [0.5, 0.6) is 0 Å². The van der Waals surface area contributed by atoms with Crippen LogP contribution in [-0.4, -0.2) is 107 Å². The number of carbonyl (C=O) groups is 3. The van der Waals surface area contributed by atoms with Crippen LogP contribution in [0.2, 0.25) is 0 Å². The Morgan fingerprint density at radius 1 is 0.950 bits per heavy atom. The fourth-order valence-electron chi connectivity index (χ4n) is 4.31. The number of aliphatic carboxylic acids is 2. The lowest BCUT2D eigenvalue weighted by atomic mass is 9.91. The van der Waals surface area contributed by atoms with Gasteiger partial charge in [0.15, 0.2) is 5.82 Å². The molecule has 3 saturated heterocycles. The fourth-order valence-corrected chi connectivity index (χ4v) is 4.31. The maximum atomic E-state index is 12.6. The summed E-state index contributed by atoms with van der Waals surface area (Å²) in [5.41, 5.74) is 0.923. The van der Waals surface area contributed by atoms with Crippen molar-refractivity contribution in [3.05, 3.63) is 17.8 Å². The Hall–Kier alpha value is -3.21. The zero-order valence-corrected chi connectivity index (χ0v) is 21.7. The van der Waals surface area contributed by atoms with Gasteiger partial charge in [0, 0.05) is 19.1 Å². The summed E-state index contributed by atoms with van der Waals surface area (Å²) in [5.74, 6) is -4.06. The van der Waals surface area contributed by atoms with E-state index < -0.39 is 24.3 Å². The normalized spacial score (nSPS) is 23.6. The molecule has 0 unspecified atom stereocenters. The van der Waals surface area contributed by atoms with Crippen molar-refractivity contribution >= 4 is 23.7 Å². The molecule has 3 atom stereocenters. The minimum atomic E-state index is -5.08. The lowest BCUT2D eigenvalue weighted by Gasteiger charge is -2.34. The Balaban J connectivity index is 0.000000333. The summed E-state index contributed by atoms with van der Waals surface area (Å²) in [6, 6.07) is 4.30. The molecular weight excluding hydrogens is 556 g/mol. The largest absolute Gasteiger partial charge is 0.490 e.